The second-order valence-corrected chi connectivity index (χ2v) is 12.6. The van der Waals surface area contributed by atoms with Gasteiger partial charge in [0.1, 0.15) is 5.56 Å². The summed E-state index contributed by atoms with van der Waals surface area (Å²) in [7, 11) is -3.56. The zero-order chi connectivity index (χ0) is 25.2. The van der Waals surface area contributed by atoms with Crippen LogP contribution in [-0.2, 0) is 16.0 Å². The summed E-state index contributed by atoms with van der Waals surface area (Å²) in [6.07, 6.45) is 0.355. The van der Waals surface area contributed by atoms with Crippen LogP contribution in [0.25, 0.3) is 10.6 Å². The number of piperazine rings is 1. The largest absolute Gasteiger partial charge is 0.420 e. The summed E-state index contributed by atoms with van der Waals surface area (Å²) in [5.74, 6) is 0.431. The average molecular weight is 536 g/mol. The maximum atomic E-state index is 13.7. The quantitative estimate of drug-likeness (QED) is 0.469. The molecule has 0 unspecified atom stereocenters. The lowest BCUT2D eigenvalue weighted by molar-refractivity contribution is -0.137. The molecule has 12 heteroatoms. The zero-order valence-electron chi connectivity index (χ0n) is 19.3. The van der Waals surface area contributed by atoms with Gasteiger partial charge in [0.2, 0.25) is 5.95 Å². The monoisotopic (exact) mass is 535 g/mol. The summed E-state index contributed by atoms with van der Waals surface area (Å²) in [5, 5.41) is 7.97. The maximum absolute atomic E-state index is 13.7. The van der Waals surface area contributed by atoms with E-state index in [1.54, 1.807) is 0 Å². The lowest BCUT2D eigenvalue weighted by atomic mass is 10.1. The molecular weight excluding hydrogens is 511 g/mol. The average Bonchev–Trinajstić information content (AvgIpc) is 3.20. The molecule has 1 aromatic carbocycles. The molecule has 2 aliphatic heterocycles. The molecule has 1 aliphatic carbocycles. The fourth-order valence-corrected chi connectivity index (χ4v) is 7.07. The van der Waals surface area contributed by atoms with Crippen LogP contribution in [0.15, 0.2) is 40.7 Å². The first kappa shape index (κ1) is 23.7. The minimum atomic E-state index is -4.69. The molecule has 4 heterocycles. The van der Waals surface area contributed by atoms with Gasteiger partial charge in [-0.1, -0.05) is 0 Å². The Kier molecular flexibility index (Phi) is 5.54. The number of thiophene rings is 1. The number of anilines is 3. The molecule has 6 rings (SSSR count). The Morgan fingerprint density at radius 1 is 1.22 bits per heavy atom. The standard InChI is InChI=1S/C24H24F3N5O2S2/c1-36(33,34)17-8-21(35-12-17)22-19(24(25,26)27)10-29-23(31-22)30-20-5-4-15(7-18(20)13-2-3-13)32-11-14-6-16(32)9-28-14/h4-5,7-8,10,12-14,16,28H,2-3,6,9,11H2,1H3,(H,29,30,31)/t14-,16-/m1/s1. The third-order valence-electron chi connectivity index (χ3n) is 7.02. The van der Waals surface area contributed by atoms with Crippen LogP contribution in [0.4, 0.5) is 30.5 Å². The number of nitrogens with one attached hydrogen (secondary N) is 2. The van der Waals surface area contributed by atoms with Crippen molar-refractivity contribution in [3.63, 3.8) is 0 Å². The summed E-state index contributed by atoms with van der Waals surface area (Å²) < 4.78 is 65.0. The molecule has 3 fully saturated rings. The third kappa shape index (κ3) is 4.46. The maximum Gasteiger partial charge on any atom is 0.420 e. The van der Waals surface area contributed by atoms with E-state index >= 15 is 0 Å². The van der Waals surface area contributed by atoms with Gasteiger partial charge < -0.3 is 15.5 Å². The summed E-state index contributed by atoms with van der Waals surface area (Å²) in [6.45, 7) is 1.96. The van der Waals surface area contributed by atoms with E-state index in [1.165, 1.54) is 11.4 Å². The van der Waals surface area contributed by atoms with E-state index in [1.807, 2.05) is 12.1 Å². The lowest BCUT2D eigenvalue weighted by Crippen LogP contribution is -2.43. The number of benzene rings is 1. The van der Waals surface area contributed by atoms with E-state index in [-0.39, 0.29) is 21.4 Å². The summed E-state index contributed by atoms with van der Waals surface area (Å²) in [6, 6.07) is 8.42. The summed E-state index contributed by atoms with van der Waals surface area (Å²) in [4.78, 5) is 10.7. The molecule has 0 radical (unpaired) electrons. The molecule has 190 valence electrons. The van der Waals surface area contributed by atoms with Gasteiger partial charge >= 0.3 is 6.18 Å². The number of aromatic nitrogens is 2. The highest BCUT2D eigenvalue weighted by Gasteiger charge is 2.39. The smallest absolute Gasteiger partial charge is 0.366 e. The van der Waals surface area contributed by atoms with Gasteiger partial charge in [0.05, 0.1) is 15.5 Å². The molecule has 2 aromatic heterocycles. The van der Waals surface area contributed by atoms with Crippen LogP contribution in [-0.4, -0.2) is 49.8 Å². The highest BCUT2D eigenvalue weighted by Crippen LogP contribution is 2.46. The Hall–Kier alpha value is -2.70. The van der Waals surface area contributed by atoms with Crippen molar-refractivity contribution in [2.24, 2.45) is 0 Å². The number of nitrogens with zero attached hydrogens (tertiary/aromatic N) is 3. The van der Waals surface area contributed by atoms with Gasteiger partial charge in [-0.15, -0.1) is 11.3 Å². The fourth-order valence-electron chi connectivity index (χ4n) is 5.05. The summed E-state index contributed by atoms with van der Waals surface area (Å²) >= 11 is 0.907. The predicted molar refractivity (Wildman–Crippen MR) is 133 cm³/mol. The van der Waals surface area contributed by atoms with Gasteiger partial charge in [0, 0.05) is 54.4 Å². The molecule has 0 spiro atoms. The molecule has 2 bridgehead atoms. The van der Waals surface area contributed by atoms with Crippen molar-refractivity contribution in [3.05, 3.63) is 47.0 Å². The Bertz CT molecular complexity index is 1440. The van der Waals surface area contributed by atoms with Gasteiger partial charge in [-0.3, -0.25) is 0 Å². The van der Waals surface area contributed by atoms with E-state index in [0.717, 1.165) is 73.1 Å². The Morgan fingerprint density at radius 3 is 2.64 bits per heavy atom. The van der Waals surface area contributed by atoms with Gasteiger partial charge in [-0.25, -0.2) is 18.4 Å². The molecule has 2 atom stereocenters. The second kappa shape index (κ2) is 8.42. The fraction of sp³-hybridized carbons (Fsp3) is 0.417. The molecule has 1 saturated carbocycles. The van der Waals surface area contributed by atoms with E-state index in [4.69, 9.17) is 0 Å². The zero-order valence-corrected chi connectivity index (χ0v) is 21.0. The number of hydrogen-bond acceptors (Lipinski definition) is 8. The first-order chi connectivity index (χ1) is 17.1. The van der Waals surface area contributed by atoms with E-state index in [2.05, 4.69) is 31.6 Å². The number of alkyl halides is 3. The van der Waals surface area contributed by atoms with Crippen LogP contribution >= 0.6 is 11.3 Å². The van der Waals surface area contributed by atoms with Gasteiger partial charge in [0.15, 0.2) is 9.84 Å². The minimum absolute atomic E-state index is 0.0337. The first-order valence-corrected chi connectivity index (χ1v) is 14.5. The van der Waals surface area contributed by atoms with Crippen molar-refractivity contribution < 1.29 is 21.6 Å². The Balaban J connectivity index is 1.34. The second-order valence-electron chi connectivity index (χ2n) is 9.69. The van der Waals surface area contributed by atoms with Crippen molar-refractivity contribution in [2.45, 2.75) is 48.3 Å². The van der Waals surface area contributed by atoms with Crippen molar-refractivity contribution >= 4 is 38.5 Å². The van der Waals surface area contributed by atoms with Crippen molar-refractivity contribution in [1.82, 2.24) is 15.3 Å². The van der Waals surface area contributed by atoms with Crippen LogP contribution in [0.3, 0.4) is 0 Å². The minimum Gasteiger partial charge on any atom is -0.366 e. The topological polar surface area (TPSA) is 87.2 Å². The molecule has 2 N–H and O–H groups in total. The highest BCUT2D eigenvalue weighted by atomic mass is 32.2. The molecule has 0 amide bonds. The number of halogens is 3. The van der Waals surface area contributed by atoms with Crippen molar-refractivity contribution in [1.29, 1.82) is 0 Å². The normalized spacial score (nSPS) is 21.8. The van der Waals surface area contributed by atoms with Crippen LogP contribution in [0, 0.1) is 0 Å². The number of sulfone groups is 1. The number of fused-ring (bicyclic) bond motifs is 2. The predicted octanol–water partition coefficient (Wildman–Crippen LogP) is 4.80. The molecule has 36 heavy (non-hydrogen) atoms. The van der Waals surface area contributed by atoms with Gasteiger partial charge in [-0.05, 0) is 55.0 Å². The van der Waals surface area contributed by atoms with E-state index < -0.39 is 21.6 Å². The third-order valence-corrected chi connectivity index (χ3v) is 9.20. The van der Waals surface area contributed by atoms with E-state index in [9.17, 15) is 21.6 Å². The van der Waals surface area contributed by atoms with Crippen LogP contribution < -0.4 is 15.5 Å². The SMILES string of the molecule is CS(=O)(=O)c1csc(-c2nc(Nc3ccc(N4C[C@H]5C[C@@H]4CN5)cc3C3CC3)ncc2C(F)(F)F)c1. The van der Waals surface area contributed by atoms with E-state index in [0.29, 0.717) is 18.0 Å². The highest BCUT2D eigenvalue weighted by molar-refractivity contribution is 7.90. The molecule has 2 saturated heterocycles. The van der Waals surface area contributed by atoms with Crippen LogP contribution in [0.2, 0.25) is 0 Å². The van der Waals surface area contributed by atoms with Crippen molar-refractivity contribution in [2.75, 3.05) is 29.6 Å². The van der Waals surface area contributed by atoms with Gasteiger partial charge in [-0.2, -0.15) is 13.2 Å². The van der Waals surface area contributed by atoms with Gasteiger partial charge in [0.25, 0.3) is 0 Å². The number of hydrogen-bond donors (Lipinski definition) is 2. The molecular formula is C24H24F3N5O2S2. The van der Waals surface area contributed by atoms with Crippen LogP contribution in [0.5, 0.6) is 0 Å². The Labute approximate surface area is 210 Å². The van der Waals surface area contributed by atoms with Crippen molar-refractivity contribution in [3.8, 4) is 10.6 Å². The lowest BCUT2D eigenvalue weighted by Gasteiger charge is -2.30. The molecule has 7 nitrogen and oxygen atoms in total. The molecule has 3 aliphatic rings. The Morgan fingerprint density at radius 2 is 2.03 bits per heavy atom. The molecule has 3 aromatic rings. The summed E-state index contributed by atoms with van der Waals surface area (Å²) in [5.41, 5.74) is 1.70. The first-order valence-electron chi connectivity index (χ1n) is 11.7. The van der Waals surface area contributed by atoms with Crippen LogP contribution in [0.1, 0.15) is 36.3 Å². The number of rotatable bonds is 6.